The quantitative estimate of drug-likeness (QED) is 0.892. The van der Waals surface area contributed by atoms with Crippen molar-refractivity contribution in [1.82, 2.24) is 0 Å². The molecule has 0 spiro atoms. The van der Waals surface area contributed by atoms with E-state index >= 15 is 0 Å². The van der Waals surface area contributed by atoms with Crippen molar-refractivity contribution in [3.05, 3.63) is 55.6 Å². The molecule has 0 bridgehead atoms. The van der Waals surface area contributed by atoms with Crippen molar-refractivity contribution in [2.24, 2.45) is 5.73 Å². The third-order valence-electron chi connectivity index (χ3n) is 2.35. The fraction of sp³-hybridized carbons (Fsp3) is 0.167. The SMILES string of the molecule is NC(Cc1ccc(Br)cc1)c1sccc1Cl. The number of halogens is 2. The zero-order valence-corrected chi connectivity index (χ0v) is 11.6. The predicted octanol–water partition coefficient (Wildman–Crippen LogP) is 4.41. The maximum absolute atomic E-state index is 6.12. The molecule has 0 saturated heterocycles. The van der Waals surface area contributed by atoms with Gasteiger partial charge in [-0.3, -0.25) is 0 Å². The van der Waals surface area contributed by atoms with E-state index < -0.39 is 0 Å². The summed E-state index contributed by atoms with van der Waals surface area (Å²) in [4.78, 5) is 1.06. The molecule has 0 aliphatic carbocycles. The third-order valence-corrected chi connectivity index (χ3v) is 4.37. The lowest BCUT2D eigenvalue weighted by atomic mass is 10.1. The van der Waals surface area contributed by atoms with Crippen LogP contribution in [0.4, 0.5) is 0 Å². The second-order valence-corrected chi connectivity index (χ2v) is 5.84. The lowest BCUT2D eigenvalue weighted by Gasteiger charge is -2.10. The molecule has 0 aliphatic heterocycles. The van der Waals surface area contributed by atoms with E-state index in [1.165, 1.54) is 5.56 Å². The summed E-state index contributed by atoms with van der Waals surface area (Å²) >= 11 is 11.1. The van der Waals surface area contributed by atoms with Crippen LogP contribution in [-0.2, 0) is 6.42 Å². The van der Waals surface area contributed by atoms with Gasteiger partial charge in [-0.15, -0.1) is 11.3 Å². The van der Waals surface area contributed by atoms with E-state index in [1.54, 1.807) is 11.3 Å². The van der Waals surface area contributed by atoms with Gasteiger partial charge in [0, 0.05) is 15.4 Å². The Kier molecular flexibility index (Phi) is 4.03. The topological polar surface area (TPSA) is 26.0 Å². The largest absolute Gasteiger partial charge is 0.323 e. The molecule has 1 unspecified atom stereocenters. The Balaban J connectivity index is 2.10. The Hall–Kier alpha value is -0.350. The molecule has 2 N–H and O–H groups in total. The second kappa shape index (κ2) is 5.32. The van der Waals surface area contributed by atoms with Crippen LogP contribution >= 0.6 is 38.9 Å². The normalized spacial score (nSPS) is 12.7. The van der Waals surface area contributed by atoms with Gasteiger partial charge in [-0.2, -0.15) is 0 Å². The molecule has 0 radical (unpaired) electrons. The minimum Gasteiger partial charge on any atom is -0.323 e. The van der Waals surface area contributed by atoms with Crippen LogP contribution in [0.15, 0.2) is 40.2 Å². The number of hydrogen-bond donors (Lipinski definition) is 1. The van der Waals surface area contributed by atoms with Gasteiger partial charge in [-0.1, -0.05) is 39.7 Å². The fourth-order valence-electron chi connectivity index (χ4n) is 1.54. The van der Waals surface area contributed by atoms with Crippen LogP contribution in [-0.4, -0.2) is 0 Å². The van der Waals surface area contributed by atoms with Gasteiger partial charge in [-0.05, 0) is 35.6 Å². The van der Waals surface area contributed by atoms with Crippen LogP contribution in [0.25, 0.3) is 0 Å². The van der Waals surface area contributed by atoms with Crippen LogP contribution in [0.1, 0.15) is 16.5 Å². The first-order valence-electron chi connectivity index (χ1n) is 4.89. The van der Waals surface area contributed by atoms with Gasteiger partial charge >= 0.3 is 0 Å². The summed E-state index contributed by atoms with van der Waals surface area (Å²) in [5, 5.41) is 2.74. The Morgan fingerprint density at radius 2 is 1.94 bits per heavy atom. The van der Waals surface area contributed by atoms with Gasteiger partial charge in [0.05, 0.1) is 5.02 Å². The molecule has 0 aliphatic rings. The molecule has 84 valence electrons. The molecule has 16 heavy (non-hydrogen) atoms. The third kappa shape index (κ3) is 2.86. The Bertz CT molecular complexity index is 466. The van der Waals surface area contributed by atoms with Crippen LogP contribution in [0, 0.1) is 0 Å². The van der Waals surface area contributed by atoms with Gasteiger partial charge in [0.1, 0.15) is 0 Å². The minimum absolute atomic E-state index is 0.0197. The van der Waals surface area contributed by atoms with Crippen molar-refractivity contribution in [1.29, 1.82) is 0 Å². The van der Waals surface area contributed by atoms with Crippen LogP contribution in [0.2, 0.25) is 5.02 Å². The first-order valence-corrected chi connectivity index (χ1v) is 6.95. The number of benzene rings is 1. The molecular formula is C12H11BrClNS. The summed E-state index contributed by atoms with van der Waals surface area (Å²) in [6.45, 7) is 0. The second-order valence-electron chi connectivity index (χ2n) is 3.57. The highest BCUT2D eigenvalue weighted by atomic mass is 79.9. The number of nitrogens with two attached hydrogens (primary N) is 1. The van der Waals surface area contributed by atoms with Crippen molar-refractivity contribution >= 4 is 38.9 Å². The summed E-state index contributed by atoms with van der Waals surface area (Å²) in [5.74, 6) is 0. The number of rotatable bonds is 3. The summed E-state index contributed by atoms with van der Waals surface area (Å²) in [6, 6.07) is 10.1. The molecule has 1 aromatic carbocycles. The van der Waals surface area contributed by atoms with Gasteiger partial charge in [-0.25, -0.2) is 0 Å². The zero-order valence-electron chi connectivity index (χ0n) is 8.49. The summed E-state index contributed by atoms with van der Waals surface area (Å²) in [6.07, 6.45) is 0.813. The highest BCUT2D eigenvalue weighted by molar-refractivity contribution is 9.10. The molecule has 1 atom stereocenters. The first kappa shape index (κ1) is 12.1. The predicted molar refractivity (Wildman–Crippen MR) is 74.1 cm³/mol. The van der Waals surface area contributed by atoms with Crippen LogP contribution in [0.3, 0.4) is 0 Å². The molecule has 1 heterocycles. The maximum Gasteiger partial charge on any atom is 0.0561 e. The molecule has 1 aromatic heterocycles. The van der Waals surface area contributed by atoms with E-state index in [0.29, 0.717) is 0 Å². The van der Waals surface area contributed by atoms with E-state index in [9.17, 15) is 0 Å². The number of thiophene rings is 1. The highest BCUT2D eigenvalue weighted by Crippen LogP contribution is 2.29. The molecule has 0 saturated carbocycles. The van der Waals surface area contributed by atoms with Crippen molar-refractivity contribution in [3.63, 3.8) is 0 Å². The molecule has 2 aromatic rings. The van der Waals surface area contributed by atoms with Gasteiger partial charge in [0.2, 0.25) is 0 Å². The standard InChI is InChI=1S/C12H11BrClNS/c13-9-3-1-8(2-4-9)7-11(15)12-10(14)5-6-16-12/h1-6,11H,7,15H2. The van der Waals surface area contributed by atoms with E-state index in [2.05, 4.69) is 28.1 Å². The maximum atomic E-state index is 6.12. The lowest BCUT2D eigenvalue weighted by molar-refractivity contribution is 0.736. The van der Waals surface area contributed by atoms with E-state index in [0.717, 1.165) is 20.8 Å². The lowest BCUT2D eigenvalue weighted by Crippen LogP contribution is -2.12. The zero-order chi connectivity index (χ0) is 11.5. The Morgan fingerprint density at radius 1 is 1.25 bits per heavy atom. The van der Waals surface area contributed by atoms with E-state index in [-0.39, 0.29) is 6.04 Å². The average Bonchev–Trinajstić information content (AvgIpc) is 2.68. The molecule has 2 rings (SSSR count). The van der Waals surface area contributed by atoms with Gasteiger partial charge in [0.15, 0.2) is 0 Å². The molecule has 1 nitrogen and oxygen atoms in total. The summed E-state index contributed by atoms with van der Waals surface area (Å²) < 4.78 is 1.08. The average molecular weight is 317 g/mol. The summed E-state index contributed by atoms with van der Waals surface area (Å²) in [7, 11) is 0. The molecule has 0 fully saturated rings. The van der Waals surface area contributed by atoms with Crippen LogP contribution in [0.5, 0.6) is 0 Å². The Morgan fingerprint density at radius 3 is 2.50 bits per heavy atom. The monoisotopic (exact) mass is 315 g/mol. The molecule has 0 amide bonds. The minimum atomic E-state index is -0.0197. The summed E-state index contributed by atoms with van der Waals surface area (Å²) in [5.41, 5.74) is 7.35. The number of hydrogen-bond acceptors (Lipinski definition) is 2. The van der Waals surface area contributed by atoms with E-state index in [1.807, 2.05) is 23.6 Å². The van der Waals surface area contributed by atoms with E-state index in [4.69, 9.17) is 17.3 Å². The molecule has 4 heteroatoms. The fourth-order valence-corrected chi connectivity index (χ4v) is 3.00. The van der Waals surface area contributed by atoms with Crippen molar-refractivity contribution in [2.75, 3.05) is 0 Å². The Labute approximate surface area is 112 Å². The van der Waals surface area contributed by atoms with Crippen molar-refractivity contribution in [2.45, 2.75) is 12.5 Å². The smallest absolute Gasteiger partial charge is 0.0561 e. The van der Waals surface area contributed by atoms with Gasteiger partial charge < -0.3 is 5.73 Å². The van der Waals surface area contributed by atoms with Crippen molar-refractivity contribution < 1.29 is 0 Å². The van der Waals surface area contributed by atoms with Crippen LogP contribution < -0.4 is 5.73 Å². The highest BCUT2D eigenvalue weighted by Gasteiger charge is 2.12. The first-order chi connectivity index (χ1) is 7.66. The van der Waals surface area contributed by atoms with Gasteiger partial charge in [0.25, 0.3) is 0 Å². The van der Waals surface area contributed by atoms with Crippen molar-refractivity contribution in [3.8, 4) is 0 Å². The molecular weight excluding hydrogens is 306 g/mol.